The number of hydrogen-bond donors (Lipinski definition) is 2. The Bertz CT molecular complexity index is 930. The second-order valence-electron chi connectivity index (χ2n) is 7.14. The van der Waals surface area contributed by atoms with Crippen LogP contribution in [0.15, 0.2) is 42.5 Å². The highest BCUT2D eigenvalue weighted by Crippen LogP contribution is 2.24. The Hall–Kier alpha value is -2.66. The summed E-state index contributed by atoms with van der Waals surface area (Å²) in [6, 6.07) is 13.8. The van der Waals surface area contributed by atoms with Gasteiger partial charge in [-0.05, 0) is 55.0 Å². The van der Waals surface area contributed by atoms with Crippen molar-refractivity contribution in [3.63, 3.8) is 0 Å². The summed E-state index contributed by atoms with van der Waals surface area (Å²) in [6.45, 7) is 3.59. The van der Waals surface area contributed by atoms with Gasteiger partial charge in [0, 0.05) is 18.7 Å². The fourth-order valence-corrected chi connectivity index (χ4v) is 3.75. The van der Waals surface area contributed by atoms with Crippen LogP contribution in [0.2, 0.25) is 0 Å². The SMILES string of the molecule is Cc1nc2ccc(C(=O)N3CC[C@@H](Cc4ccc(CO)cc4)C3)cc2[nH]1. The molecule has 134 valence electrons. The maximum absolute atomic E-state index is 12.8. The van der Waals surface area contributed by atoms with Crippen molar-refractivity contribution >= 4 is 16.9 Å². The highest BCUT2D eigenvalue weighted by Gasteiger charge is 2.27. The van der Waals surface area contributed by atoms with Crippen LogP contribution in [-0.2, 0) is 13.0 Å². The van der Waals surface area contributed by atoms with Crippen molar-refractivity contribution in [1.82, 2.24) is 14.9 Å². The molecular formula is C21H23N3O2. The summed E-state index contributed by atoms with van der Waals surface area (Å²) >= 11 is 0. The number of imidazole rings is 1. The van der Waals surface area contributed by atoms with E-state index in [1.54, 1.807) is 0 Å². The van der Waals surface area contributed by atoms with E-state index < -0.39 is 0 Å². The number of aliphatic hydroxyl groups is 1. The van der Waals surface area contributed by atoms with E-state index in [1.807, 2.05) is 42.2 Å². The van der Waals surface area contributed by atoms with Gasteiger partial charge in [-0.25, -0.2) is 4.98 Å². The number of rotatable bonds is 4. The molecule has 1 aliphatic heterocycles. The summed E-state index contributed by atoms with van der Waals surface area (Å²) in [5.74, 6) is 1.44. The van der Waals surface area contributed by atoms with Crippen molar-refractivity contribution in [3.8, 4) is 0 Å². The Morgan fingerprint density at radius 3 is 2.77 bits per heavy atom. The first-order chi connectivity index (χ1) is 12.6. The summed E-state index contributed by atoms with van der Waals surface area (Å²) in [6.07, 6.45) is 1.99. The van der Waals surface area contributed by atoms with Gasteiger partial charge in [-0.3, -0.25) is 4.79 Å². The molecule has 2 N–H and O–H groups in total. The van der Waals surface area contributed by atoms with Gasteiger partial charge in [0.1, 0.15) is 5.82 Å². The van der Waals surface area contributed by atoms with Crippen LogP contribution in [0, 0.1) is 12.8 Å². The Labute approximate surface area is 152 Å². The molecular weight excluding hydrogens is 326 g/mol. The molecule has 4 rings (SSSR count). The van der Waals surface area contributed by atoms with Gasteiger partial charge in [-0.1, -0.05) is 24.3 Å². The summed E-state index contributed by atoms with van der Waals surface area (Å²) < 4.78 is 0. The number of nitrogens with one attached hydrogen (secondary N) is 1. The lowest BCUT2D eigenvalue weighted by molar-refractivity contribution is 0.0787. The molecule has 0 unspecified atom stereocenters. The third kappa shape index (κ3) is 3.35. The van der Waals surface area contributed by atoms with E-state index in [0.29, 0.717) is 11.5 Å². The van der Waals surface area contributed by atoms with Crippen LogP contribution in [0.4, 0.5) is 0 Å². The number of aryl methyl sites for hydroxylation is 1. The molecule has 0 aliphatic carbocycles. The van der Waals surface area contributed by atoms with Crippen molar-refractivity contribution in [2.45, 2.75) is 26.4 Å². The van der Waals surface area contributed by atoms with Gasteiger partial charge in [0.25, 0.3) is 5.91 Å². The number of aromatic nitrogens is 2. The van der Waals surface area contributed by atoms with Crippen LogP contribution in [0.3, 0.4) is 0 Å². The zero-order valence-corrected chi connectivity index (χ0v) is 14.9. The van der Waals surface area contributed by atoms with Gasteiger partial charge < -0.3 is 15.0 Å². The molecule has 1 aliphatic rings. The summed E-state index contributed by atoms with van der Waals surface area (Å²) in [5, 5.41) is 9.13. The van der Waals surface area contributed by atoms with Crippen LogP contribution < -0.4 is 0 Å². The molecule has 5 heteroatoms. The monoisotopic (exact) mass is 349 g/mol. The number of fused-ring (bicyclic) bond motifs is 1. The Morgan fingerprint density at radius 2 is 2.00 bits per heavy atom. The predicted octanol–water partition coefficient (Wildman–Crippen LogP) is 3.07. The lowest BCUT2D eigenvalue weighted by Gasteiger charge is -2.17. The number of H-pyrrole nitrogens is 1. The molecule has 1 atom stereocenters. The van der Waals surface area contributed by atoms with Gasteiger partial charge in [0.15, 0.2) is 0 Å². The Kier molecular flexibility index (Phi) is 4.47. The predicted molar refractivity (Wildman–Crippen MR) is 101 cm³/mol. The van der Waals surface area contributed by atoms with Crippen LogP contribution in [0.25, 0.3) is 11.0 Å². The van der Waals surface area contributed by atoms with E-state index in [0.717, 1.165) is 48.4 Å². The maximum Gasteiger partial charge on any atom is 0.253 e. The average molecular weight is 349 g/mol. The molecule has 0 radical (unpaired) electrons. The fourth-order valence-electron chi connectivity index (χ4n) is 3.75. The van der Waals surface area contributed by atoms with Crippen molar-refractivity contribution in [1.29, 1.82) is 0 Å². The third-order valence-corrected chi connectivity index (χ3v) is 5.15. The zero-order chi connectivity index (χ0) is 18.1. The first-order valence-corrected chi connectivity index (χ1v) is 9.06. The Balaban J connectivity index is 1.42. The van der Waals surface area contributed by atoms with E-state index >= 15 is 0 Å². The number of carbonyl (C=O) groups excluding carboxylic acids is 1. The van der Waals surface area contributed by atoms with Crippen molar-refractivity contribution < 1.29 is 9.90 Å². The topological polar surface area (TPSA) is 69.2 Å². The van der Waals surface area contributed by atoms with E-state index in [9.17, 15) is 4.79 Å². The molecule has 2 aromatic carbocycles. The highest BCUT2D eigenvalue weighted by atomic mass is 16.3. The number of amides is 1. The molecule has 1 saturated heterocycles. The molecule has 5 nitrogen and oxygen atoms in total. The van der Waals surface area contributed by atoms with Crippen LogP contribution in [0.5, 0.6) is 0 Å². The normalized spacial score (nSPS) is 17.2. The first-order valence-electron chi connectivity index (χ1n) is 9.06. The van der Waals surface area contributed by atoms with Gasteiger partial charge in [0.05, 0.1) is 17.6 Å². The molecule has 26 heavy (non-hydrogen) atoms. The minimum atomic E-state index is 0.0756. The van der Waals surface area contributed by atoms with E-state index in [2.05, 4.69) is 22.1 Å². The van der Waals surface area contributed by atoms with Gasteiger partial charge >= 0.3 is 0 Å². The van der Waals surface area contributed by atoms with Crippen molar-refractivity contribution in [2.24, 2.45) is 5.92 Å². The molecule has 1 amide bonds. The molecule has 2 heterocycles. The molecule has 1 aromatic heterocycles. The standard InChI is InChI=1S/C21H23N3O2/c1-14-22-19-7-6-18(11-20(19)23-14)21(26)24-9-8-17(12-24)10-15-2-4-16(13-25)5-3-15/h2-7,11,17,25H,8-10,12-13H2,1H3,(H,22,23)/t17-/m0/s1. The minimum Gasteiger partial charge on any atom is -0.392 e. The number of nitrogens with zero attached hydrogens (tertiary/aromatic N) is 2. The number of aromatic amines is 1. The molecule has 0 spiro atoms. The molecule has 0 bridgehead atoms. The number of carbonyl (C=O) groups is 1. The maximum atomic E-state index is 12.8. The second kappa shape index (κ2) is 6.92. The minimum absolute atomic E-state index is 0.0756. The van der Waals surface area contributed by atoms with E-state index in [-0.39, 0.29) is 12.5 Å². The Morgan fingerprint density at radius 1 is 1.23 bits per heavy atom. The van der Waals surface area contributed by atoms with Gasteiger partial charge in [-0.15, -0.1) is 0 Å². The number of hydrogen-bond acceptors (Lipinski definition) is 3. The highest BCUT2D eigenvalue weighted by molar-refractivity contribution is 5.97. The fraction of sp³-hybridized carbons (Fsp3) is 0.333. The quantitative estimate of drug-likeness (QED) is 0.760. The van der Waals surface area contributed by atoms with E-state index in [4.69, 9.17) is 5.11 Å². The molecule has 1 fully saturated rings. The van der Waals surface area contributed by atoms with Gasteiger partial charge in [0.2, 0.25) is 0 Å². The number of aliphatic hydroxyl groups excluding tert-OH is 1. The summed E-state index contributed by atoms with van der Waals surface area (Å²) in [7, 11) is 0. The van der Waals surface area contributed by atoms with Crippen LogP contribution in [0.1, 0.15) is 33.7 Å². The van der Waals surface area contributed by atoms with Crippen molar-refractivity contribution in [3.05, 3.63) is 65.0 Å². The third-order valence-electron chi connectivity index (χ3n) is 5.15. The van der Waals surface area contributed by atoms with Crippen LogP contribution >= 0.6 is 0 Å². The zero-order valence-electron chi connectivity index (χ0n) is 14.9. The average Bonchev–Trinajstić information content (AvgIpc) is 3.26. The number of likely N-dealkylation sites (tertiary alicyclic amines) is 1. The largest absolute Gasteiger partial charge is 0.392 e. The summed E-state index contributed by atoms with van der Waals surface area (Å²) in [5.41, 5.74) is 4.71. The first kappa shape index (κ1) is 16.8. The lowest BCUT2D eigenvalue weighted by Crippen LogP contribution is -2.28. The molecule has 0 saturated carbocycles. The molecule has 3 aromatic rings. The van der Waals surface area contributed by atoms with Gasteiger partial charge in [-0.2, -0.15) is 0 Å². The second-order valence-corrected chi connectivity index (χ2v) is 7.14. The summed E-state index contributed by atoms with van der Waals surface area (Å²) in [4.78, 5) is 22.4. The van der Waals surface area contributed by atoms with Crippen LogP contribution in [-0.4, -0.2) is 39.0 Å². The lowest BCUT2D eigenvalue weighted by atomic mass is 9.98. The van der Waals surface area contributed by atoms with Crippen molar-refractivity contribution in [2.75, 3.05) is 13.1 Å². The number of benzene rings is 2. The smallest absolute Gasteiger partial charge is 0.253 e. The van der Waals surface area contributed by atoms with E-state index in [1.165, 1.54) is 5.56 Å².